The molecule has 3 aromatic rings. The van der Waals surface area contributed by atoms with Crippen molar-refractivity contribution in [2.24, 2.45) is 0 Å². The summed E-state index contributed by atoms with van der Waals surface area (Å²) in [6.07, 6.45) is 6.86. The zero-order valence-corrected chi connectivity index (χ0v) is 15.3. The molecule has 4 rings (SSSR count). The Kier molecular flexibility index (Phi) is 5.16. The van der Waals surface area contributed by atoms with Crippen molar-refractivity contribution >= 4 is 11.6 Å². The fraction of sp³-hybridized carbons (Fsp3) is 0.238. The Hall–Kier alpha value is -3.12. The average molecular weight is 362 g/mol. The lowest BCUT2D eigenvalue weighted by molar-refractivity contribution is 0.250. The first kappa shape index (κ1) is 17.3. The first-order chi connectivity index (χ1) is 13.3. The number of nitrogens with zero attached hydrogens (tertiary/aromatic N) is 3. The number of benzene rings is 1. The smallest absolute Gasteiger partial charge is 0.284 e. The summed E-state index contributed by atoms with van der Waals surface area (Å²) in [5.74, 6) is 1.68. The van der Waals surface area contributed by atoms with Crippen molar-refractivity contribution in [1.82, 2.24) is 14.9 Å². The summed E-state index contributed by atoms with van der Waals surface area (Å²) in [6, 6.07) is 13.8. The Morgan fingerprint density at radius 2 is 2.07 bits per heavy atom. The van der Waals surface area contributed by atoms with E-state index in [2.05, 4.69) is 51.5 Å². The Labute approximate surface area is 158 Å². The summed E-state index contributed by atoms with van der Waals surface area (Å²) in [6.45, 7) is 2.32. The van der Waals surface area contributed by atoms with Crippen LogP contribution in [-0.2, 0) is 6.54 Å². The van der Waals surface area contributed by atoms with Crippen LogP contribution >= 0.6 is 0 Å². The highest BCUT2D eigenvalue weighted by Gasteiger charge is 2.09. The van der Waals surface area contributed by atoms with Gasteiger partial charge in [-0.1, -0.05) is 24.3 Å². The second-order valence-corrected chi connectivity index (χ2v) is 6.51. The Bertz CT molecular complexity index is 935. The van der Waals surface area contributed by atoms with Gasteiger partial charge in [-0.15, -0.1) is 0 Å². The van der Waals surface area contributed by atoms with Gasteiger partial charge < -0.3 is 14.5 Å². The van der Waals surface area contributed by atoms with Gasteiger partial charge in [-0.3, -0.25) is 4.90 Å². The van der Waals surface area contributed by atoms with Crippen LogP contribution in [0.1, 0.15) is 12.0 Å². The van der Waals surface area contributed by atoms with E-state index in [0.717, 1.165) is 25.2 Å². The standard InChI is InChI=1S/C21H22N4O2/c1-25-12-3-2-4-13-26-20-9-8-19(27-20)18-10-11-22-21(24-18)23-17-7-5-6-16(14-17)15-25/h2-3,5-11,14H,4,12-13,15H2,1H3,(H,22,23,24)/b3-2+. The third kappa shape index (κ3) is 4.54. The van der Waals surface area contributed by atoms with Crippen LogP contribution in [0.2, 0.25) is 0 Å². The first-order valence-corrected chi connectivity index (χ1v) is 9.02. The minimum absolute atomic E-state index is 0.498. The van der Waals surface area contributed by atoms with E-state index < -0.39 is 0 Å². The number of anilines is 2. The number of nitrogens with one attached hydrogen (secondary N) is 1. The molecule has 1 aliphatic heterocycles. The van der Waals surface area contributed by atoms with Crippen LogP contribution in [0.4, 0.5) is 11.6 Å². The molecule has 3 heterocycles. The van der Waals surface area contributed by atoms with E-state index in [1.165, 1.54) is 5.56 Å². The fourth-order valence-electron chi connectivity index (χ4n) is 2.94. The zero-order valence-electron chi connectivity index (χ0n) is 15.3. The maximum Gasteiger partial charge on any atom is 0.284 e. The van der Waals surface area contributed by atoms with Gasteiger partial charge in [-0.25, -0.2) is 9.97 Å². The van der Waals surface area contributed by atoms with Crippen molar-refractivity contribution in [2.75, 3.05) is 25.5 Å². The summed E-state index contributed by atoms with van der Waals surface area (Å²) in [4.78, 5) is 11.1. The van der Waals surface area contributed by atoms with E-state index in [1.807, 2.05) is 30.3 Å². The van der Waals surface area contributed by atoms with E-state index in [0.29, 0.717) is 30.0 Å². The number of aromatic nitrogens is 2. The molecule has 1 aliphatic rings. The topological polar surface area (TPSA) is 63.4 Å². The predicted octanol–water partition coefficient (Wildman–Crippen LogP) is 4.25. The lowest BCUT2D eigenvalue weighted by Crippen LogP contribution is -2.17. The van der Waals surface area contributed by atoms with Crippen LogP contribution in [0.3, 0.4) is 0 Å². The molecule has 6 nitrogen and oxygen atoms in total. The van der Waals surface area contributed by atoms with Gasteiger partial charge in [0.05, 0.1) is 6.61 Å². The molecular weight excluding hydrogens is 340 g/mol. The maximum atomic E-state index is 5.76. The Morgan fingerprint density at radius 1 is 1.11 bits per heavy atom. The van der Waals surface area contributed by atoms with Crippen molar-refractivity contribution in [3.05, 3.63) is 66.4 Å². The van der Waals surface area contributed by atoms with Gasteiger partial charge in [0.15, 0.2) is 5.76 Å². The molecule has 1 aromatic carbocycles. The molecule has 0 fully saturated rings. The highest BCUT2D eigenvalue weighted by Crippen LogP contribution is 2.26. The summed E-state index contributed by atoms with van der Waals surface area (Å²) < 4.78 is 11.4. The number of fused-ring (bicyclic) bond motifs is 7. The van der Waals surface area contributed by atoms with Gasteiger partial charge in [-0.05, 0) is 43.3 Å². The zero-order chi connectivity index (χ0) is 18.5. The van der Waals surface area contributed by atoms with Crippen molar-refractivity contribution in [3.63, 3.8) is 0 Å². The molecule has 0 spiro atoms. The highest BCUT2D eigenvalue weighted by atomic mass is 16.6. The Morgan fingerprint density at radius 3 is 3.04 bits per heavy atom. The summed E-state index contributed by atoms with van der Waals surface area (Å²) in [7, 11) is 2.11. The normalized spacial score (nSPS) is 16.5. The third-order valence-corrected chi connectivity index (χ3v) is 4.24. The highest BCUT2D eigenvalue weighted by molar-refractivity contribution is 5.59. The minimum atomic E-state index is 0.498. The molecule has 0 amide bonds. The van der Waals surface area contributed by atoms with Crippen molar-refractivity contribution in [2.45, 2.75) is 13.0 Å². The molecule has 2 aromatic heterocycles. The largest absolute Gasteiger partial charge is 0.465 e. The molecule has 1 N–H and O–H groups in total. The molecule has 27 heavy (non-hydrogen) atoms. The van der Waals surface area contributed by atoms with Crippen LogP contribution in [0, 0.1) is 0 Å². The number of rotatable bonds is 0. The fourth-order valence-corrected chi connectivity index (χ4v) is 2.94. The molecule has 0 aliphatic carbocycles. The van der Waals surface area contributed by atoms with E-state index in [9.17, 15) is 0 Å². The molecular formula is C21H22N4O2. The van der Waals surface area contributed by atoms with Gasteiger partial charge >= 0.3 is 0 Å². The number of ether oxygens (including phenoxy) is 1. The van der Waals surface area contributed by atoms with Gasteiger partial charge in [-0.2, -0.15) is 0 Å². The number of furan rings is 1. The summed E-state index contributed by atoms with van der Waals surface area (Å²) in [5.41, 5.74) is 2.89. The van der Waals surface area contributed by atoms with Crippen LogP contribution in [0.15, 0.2) is 65.2 Å². The summed E-state index contributed by atoms with van der Waals surface area (Å²) in [5, 5.41) is 3.28. The van der Waals surface area contributed by atoms with Crippen molar-refractivity contribution in [1.29, 1.82) is 0 Å². The number of hydrogen-bond acceptors (Lipinski definition) is 6. The second kappa shape index (κ2) is 8.05. The lowest BCUT2D eigenvalue weighted by Gasteiger charge is -2.15. The molecule has 0 radical (unpaired) electrons. The minimum Gasteiger partial charge on any atom is -0.465 e. The van der Waals surface area contributed by atoms with E-state index in [-0.39, 0.29) is 0 Å². The summed E-state index contributed by atoms with van der Waals surface area (Å²) >= 11 is 0. The van der Waals surface area contributed by atoms with Gasteiger partial charge in [0, 0.05) is 31.0 Å². The monoisotopic (exact) mass is 362 g/mol. The predicted molar refractivity (Wildman–Crippen MR) is 105 cm³/mol. The van der Waals surface area contributed by atoms with Gasteiger partial charge in [0.2, 0.25) is 5.95 Å². The van der Waals surface area contributed by atoms with Crippen LogP contribution in [0.25, 0.3) is 11.5 Å². The molecule has 0 saturated heterocycles. The van der Waals surface area contributed by atoms with Crippen molar-refractivity contribution in [3.8, 4) is 17.4 Å². The number of hydrogen-bond donors (Lipinski definition) is 1. The van der Waals surface area contributed by atoms with E-state index in [4.69, 9.17) is 9.15 Å². The van der Waals surface area contributed by atoms with Gasteiger partial charge in [0.1, 0.15) is 5.69 Å². The van der Waals surface area contributed by atoms with Crippen LogP contribution in [-0.4, -0.2) is 35.1 Å². The SMILES string of the molecule is CN1C/C=C/CCOc2ccc(o2)-c2ccnc(n2)Nc2cccc(c2)C1. The molecule has 6 bridgehead atoms. The maximum absolute atomic E-state index is 5.76. The number of likely N-dealkylation sites (N-methyl/N-ethyl adjacent to an activating group) is 1. The second-order valence-electron chi connectivity index (χ2n) is 6.51. The lowest BCUT2D eigenvalue weighted by atomic mass is 10.2. The molecule has 0 unspecified atom stereocenters. The van der Waals surface area contributed by atoms with E-state index >= 15 is 0 Å². The van der Waals surface area contributed by atoms with E-state index in [1.54, 1.807) is 6.20 Å². The molecule has 0 atom stereocenters. The quantitative estimate of drug-likeness (QED) is 0.603. The van der Waals surface area contributed by atoms with Crippen LogP contribution in [0.5, 0.6) is 5.95 Å². The van der Waals surface area contributed by atoms with Gasteiger partial charge in [0.25, 0.3) is 5.95 Å². The average Bonchev–Trinajstić information content (AvgIpc) is 3.13. The molecule has 0 saturated carbocycles. The Balaban J connectivity index is 1.64. The molecule has 138 valence electrons. The third-order valence-electron chi connectivity index (χ3n) is 4.24. The molecule has 6 heteroatoms. The first-order valence-electron chi connectivity index (χ1n) is 9.02. The van der Waals surface area contributed by atoms with Crippen LogP contribution < -0.4 is 10.1 Å². The van der Waals surface area contributed by atoms with Crippen molar-refractivity contribution < 1.29 is 9.15 Å².